The first-order chi connectivity index (χ1) is 15.7. The van der Waals surface area contributed by atoms with Crippen molar-refractivity contribution in [3.8, 4) is 0 Å². The smallest absolute Gasteiger partial charge is 0.245 e. The molecular weight excluding hydrogens is 438 g/mol. The maximum atomic E-state index is 13.3. The first-order valence-corrected chi connectivity index (χ1v) is 13.5. The fourth-order valence-electron chi connectivity index (χ4n) is 4.93. The van der Waals surface area contributed by atoms with Crippen LogP contribution in [-0.4, -0.2) is 79.8 Å². The van der Waals surface area contributed by atoms with E-state index in [0.717, 1.165) is 16.3 Å². The normalized spacial score (nSPS) is 21.9. The Kier molecular flexibility index (Phi) is 7.05. The molecule has 0 saturated carbocycles. The Morgan fingerprint density at radius 1 is 1.03 bits per heavy atom. The van der Waals surface area contributed by atoms with Crippen molar-refractivity contribution < 1.29 is 18.0 Å². The highest BCUT2D eigenvalue weighted by atomic mass is 32.2. The number of hydrogen-bond acceptors (Lipinski definition) is 5. The Labute approximate surface area is 196 Å². The summed E-state index contributed by atoms with van der Waals surface area (Å²) in [5.41, 5.74) is 0.945. The molecule has 33 heavy (non-hydrogen) atoms. The molecule has 2 fully saturated rings. The van der Waals surface area contributed by atoms with E-state index in [-0.39, 0.29) is 41.7 Å². The number of carbonyl (C=O) groups excluding carboxylic acids is 2. The minimum Gasteiger partial charge on any atom is -0.344 e. The molecule has 7 nitrogen and oxygen atoms in total. The quantitative estimate of drug-likeness (QED) is 0.695. The van der Waals surface area contributed by atoms with Gasteiger partial charge in [0.25, 0.3) is 0 Å². The Balaban J connectivity index is 1.36. The summed E-state index contributed by atoms with van der Waals surface area (Å²) in [5, 5.41) is 5.12. The van der Waals surface area contributed by atoms with Crippen molar-refractivity contribution in [3.63, 3.8) is 0 Å². The van der Waals surface area contributed by atoms with E-state index < -0.39 is 15.9 Å². The second kappa shape index (κ2) is 9.81. The number of fused-ring (bicyclic) bond motifs is 1. The molecule has 1 N–H and O–H groups in total. The summed E-state index contributed by atoms with van der Waals surface area (Å²) in [6.45, 7) is 6.33. The highest BCUT2D eigenvalue weighted by Gasteiger charge is 2.36. The van der Waals surface area contributed by atoms with Crippen molar-refractivity contribution in [3.05, 3.63) is 48.0 Å². The molecule has 0 aromatic heterocycles. The third-order valence-electron chi connectivity index (χ3n) is 6.83. The number of rotatable bonds is 6. The Hall–Kier alpha value is -2.45. The zero-order valence-corrected chi connectivity index (χ0v) is 20.2. The van der Waals surface area contributed by atoms with Gasteiger partial charge in [-0.2, -0.15) is 0 Å². The van der Waals surface area contributed by atoms with E-state index in [9.17, 15) is 18.0 Å². The van der Waals surface area contributed by atoms with E-state index in [1.165, 1.54) is 0 Å². The van der Waals surface area contributed by atoms with E-state index in [2.05, 4.69) is 10.2 Å². The molecule has 0 unspecified atom stereocenters. The van der Waals surface area contributed by atoms with E-state index in [4.69, 9.17) is 0 Å². The first-order valence-electron chi connectivity index (χ1n) is 11.7. The van der Waals surface area contributed by atoms with Crippen LogP contribution < -0.4 is 5.32 Å². The third-order valence-corrected chi connectivity index (χ3v) is 8.58. The maximum Gasteiger partial charge on any atom is 0.245 e. The predicted molar refractivity (Wildman–Crippen MR) is 130 cm³/mol. The molecule has 2 saturated heterocycles. The van der Waals surface area contributed by atoms with Gasteiger partial charge in [-0.05, 0) is 28.7 Å². The van der Waals surface area contributed by atoms with Crippen LogP contribution in [0.2, 0.25) is 0 Å². The molecule has 178 valence electrons. The van der Waals surface area contributed by atoms with Crippen LogP contribution in [0.25, 0.3) is 10.8 Å². The summed E-state index contributed by atoms with van der Waals surface area (Å²) < 4.78 is 23.6. The lowest BCUT2D eigenvalue weighted by Crippen LogP contribution is -2.58. The summed E-state index contributed by atoms with van der Waals surface area (Å²) in [4.78, 5) is 30.2. The molecule has 2 aromatic carbocycles. The number of piperazine rings is 1. The molecule has 0 radical (unpaired) electrons. The van der Waals surface area contributed by atoms with Crippen molar-refractivity contribution in [2.75, 3.05) is 37.7 Å². The van der Waals surface area contributed by atoms with Crippen LogP contribution in [0.1, 0.15) is 25.8 Å². The topological polar surface area (TPSA) is 86.8 Å². The number of nitrogens with zero attached hydrogens (tertiary/aromatic N) is 2. The Bertz CT molecular complexity index is 1120. The van der Waals surface area contributed by atoms with Crippen LogP contribution in [0.3, 0.4) is 0 Å². The molecular formula is C25H33N3O4S. The van der Waals surface area contributed by atoms with Gasteiger partial charge in [0.1, 0.15) is 6.04 Å². The average molecular weight is 472 g/mol. The van der Waals surface area contributed by atoms with Crippen molar-refractivity contribution >= 4 is 32.4 Å². The number of hydrogen-bond donors (Lipinski definition) is 1. The molecule has 0 bridgehead atoms. The molecule has 2 amide bonds. The Morgan fingerprint density at radius 2 is 1.73 bits per heavy atom. The van der Waals surface area contributed by atoms with Gasteiger partial charge in [-0.15, -0.1) is 0 Å². The molecule has 2 aliphatic heterocycles. The van der Waals surface area contributed by atoms with E-state index in [1.807, 2.05) is 61.2 Å². The van der Waals surface area contributed by atoms with Gasteiger partial charge >= 0.3 is 0 Å². The minimum atomic E-state index is -2.92. The lowest BCUT2D eigenvalue weighted by atomic mass is 9.99. The molecule has 2 aliphatic rings. The zero-order chi connectivity index (χ0) is 23.6. The molecule has 4 rings (SSSR count). The van der Waals surface area contributed by atoms with Gasteiger partial charge in [-0.3, -0.25) is 14.5 Å². The molecule has 2 aromatic rings. The van der Waals surface area contributed by atoms with Crippen LogP contribution in [0.15, 0.2) is 42.5 Å². The summed E-state index contributed by atoms with van der Waals surface area (Å²) in [7, 11) is -2.92. The molecule has 2 atom stereocenters. The zero-order valence-electron chi connectivity index (χ0n) is 19.4. The molecule has 0 aliphatic carbocycles. The van der Waals surface area contributed by atoms with Gasteiger partial charge in [-0.25, -0.2) is 8.42 Å². The summed E-state index contributed by atoms with van der Waals surface area (Å²) in [5.74, 6) is 0.226. The van der Waals surface area contributed by atoms with Crippen molar-refractivity contribution in [2.45, 2.75) is 38.8 Å². The molecule has 0 spiro atoms. The number of benzene rings is 2. The van der Waals surface area contributed by atoms with Crippen LogP contribution in [-0.2, 0) is 25.8 Å². The summed E-state index contributed by atoms with van der Waals surface area (Å²) >= 11 is 0. The number of nitrogens with one attached hydrogen (secondary N) is 1. The Morgan fingerprint density at radius 3 is 2.39 bits per heavy atom. The fraction of sp³-hybridized carbons (Fsp3) is 0.520. The van der Waals surface area contributed by atoms with Gasteiger partial charge in [0, 0.05) is 32.2 Å². The van der Waals surface area contributed by atoms with Crippen LogP contribution in [0.5, 0.6) is 0 Å². The van der Waals surface area contributed by atoms with Crippen LogP contribution in [0, 0.1) is 5.92 Å². The second-order valence-corrected chi connectivity index (χ2v) is 11.8. The largest absolute Gasteiger partial charge is 0.344 e. The standard InChI is InChI=1S/C25H33N3O4S/c1-18(2)24(26-23(29)16-20-8-5-7-19-6-3-4-9-22(19)20)25(30)28-13-11-27(12-14-28)21-10-15-33(31,32)17-21/h3-9,18,21,24H,10-17H2,1-2H3,(H,26,29)/t21-,24+/m0/s1. The second-order valence-electron chi connectivity index (χ2n) is 9.52. The summed E-state index contributed by atoms with van der Waals surface area (Å²) in [6.07, 6.45) is 0.900. The number of sulfone groups is 1. The molecule has 2 heterocycles. The fourth-order valence-corrected chi connectivity index (χ4v) is 6.69. The number of amides is 2. The first kappa shape index (κ1) is 23.7. The van der Waals surface area contributed by atoms with Gasteiger partial charge in [0.05, 0.1) is 17.9 Å². The van der Waals surface area contributed by atoms with E-state index >= 15 is 0 Å². The predicted octanol–water partition coefficient (Wildman–Crippen LogP) is 1.85. The van der Waals surface area contributed by atoms with Gasteiger partial charge < -0.3 is 10.2 Å². The minimum absolute atomic E-state index is 0.0352. The van der Waals surface area contributed by atoms with E-state index in [1.54, 1.807) is 0 Å². The van der Waals surface area contributed by atoms with Crippen LogP contribution in [0.4, 0.5) is 0 Å². The lowest BCUT2D eigenvalue weighted by Gasteiger charge is -2.39. The highest BCUT2D eigenvalue weighted by molar-refractivity contribution is 7.91. The highest BCUT2D eigenvalue weighted by Crippen LogP contribution is 2.21. The lowest BCUT2D eigenvalue weighted by molar-refractivity contribution is -0.139. The van der Waals surface area contributed by atoms with E-state index in [0.29, 0.717) is 32.6 Å². The van der Waals surface area contributed by atoms with Gasteiger partial charge in [0.15, 0.2) is 9.84 Å². The SMILES string of the molecule is CC(C)[C@@H](NC(=O)Cc1cccc2ccccc12)C(=O)N1CCN([C@H]2CCS(=O)(=O)C2)CC1. The van der Waals surface area contributed by atoms with Crippen molar-refractivity contribution in [1.82, 2.24) is 15.1 Å². The van der Waals surface area contributed by atoms with Crippen molar-refractivity contribution in [2.24, 2.45) is 5.92 Å². The summed E-state index contributed by atoms with van der Waals surface area (Å²) in [6, 6.07) is 13.4. The average Bonchev–Trinajstić information content (AvgIpc) is 3.17. The molecule has 8 heteroatoms. The monoisotopic (exact) mass is 471 g/mol. The maximum absolute atomic E-state index is 13.3. The van der Waals surface area contributed by atoms with Gasteiger partial charge in [0.2, 0.25) is 11.8 Å². The van der Waals surface area contributed by atoms with Gasteiger partial charge in [-0.1, -0.05) is 56.3 Å². The number of carbonyl (C=O) groups is 2. The third kappa shape index (κ3) is 5.55. The van der Waals surface area contributed by atoms with Crippen molar-refractivity contribution in [1.29, 1.82) is 0 Å². The van der Waals surface area contributed by atoms with Crippen LogP contribution >= 0.6 is 0 Å².